The number of hydrogen-bond donors (Lipinski definition) is 0. The quantitative estimate of drug-likeness (QED) is 0.538. The van der Waals surface area contributed by atoms with Crippen molar-refractivity contribution in [3.05, 3.63) is 45.1 Å². The standard InChI is InChI=1S/C20H19ClN2O4S/c1-2-26-17-10-13(11-22)9-16(21)18(17)27-20(25)14-3-6-23(7-4-14)19(24)15-5-8-28-12-15/h5,8-10,12,14H,2-4,6-7H2,1H3. The van der Waals surface area contributed by atoms with Crippen molar-refractivity contribution in [3.8, 4) is 17.6 Å². The number of ether oxygens (including phenoxy) is 2. The minimum Gasteiger partial charge on any atom is -0.490 e. The molecule has 28 heavy (non-hydrogen) atoms. The largest absolute Gasteiger partial charge is 0.490 e. The molecule has 0 atom stereocenters. The van der Waals surface area contributed by atoms with Crippen LogP contribution in [0.1, 0.15) is 35.7 Å². The van der Waals surface area contributed by atoms with E-state index in [-0.39, 0.29) is 28.3 Å². The first-order chi connectivity index (χ1) is 13.5. The topological polar surface area (TPSA) is 79.6 Å². The van der Waals surface area contributed by atoms with Crippen molar-refractivity contribution >= 4 is 34.8 Å². The molecule has 6 nitrogen and oxygen atoms in total. The van der Waals surface area contributed by atoms with Gasteiger partial charge in [-0.25, -0.2) is 0 Å². The van der Waals surface area contributed by atoms with Gasteiger partial charge in [0.2, 0.25) is 0 Å². The molecule has 0 bridgehead atoms. The molecule has 1 aliphatic heterocycles. The Bertz CT molecular complexity index is 900. The fraction of sp³-hybridized carbons (Fsp3) is 0.350. The highest BCUT2D eigenvalue weighted by atomic mass is 35.5. The van der Waals surface area contributed by atoms with Gasteiger partial charge in [0, 0.05) is 24.5 Å². The number of esters is 1. The van der Waals surface area contributed by atoms with Crippen molar-refractivity contribution in [2.24, 2.45) is 5.92 Å². The van der Waals surface area contributed by atoms with Gasteiger partial charge < -0.3 is 14.4 Å². The number of nitrogens with zero attached hydrogens (tertiary/aromatic N) is 2. The number of carbonyl (C=O) groups is 2. The van der Waals surface area contributed by atoms with Crippen LogP contribution in [0.25, 0.3) is 0 Å². The molecule has 2 aromatic rings. The molecule has 0 N–H and O–H groups in total. The lowest BCUT2D eigenvalue weighted by atomic mass is 9.96. The van der Waals surface area contributed by atoms with Gasteiger partial charge in [-0.3, -0.25) is 9.59 Å². The summed E-state index contributed by atoms with van der Waals surface area (Å²) in [5.74, 6) is -0.348. The first kappa shape index (κ1) is 20.2. The van der Waals surface area contributed by atoms with Crippen LogP contribution in [-0.4, -0.2) is 36.5 Å². The Kier molecular flexibility index (Phi) is 6.55. The highest BCUT2D eigenvalue weighted by Crippen LogP contribution is 2.37. The van der Waals surface area contributed by atoms with E-state index < -0.39 is 5.97 Å². The average Bonchev–Trinajstić information content (AvgIpc) is 3.24. The fourth-order valence-corrected chi connectivity index (χ4v) is 3.94. The van der Waals surface area contributed by atoms with Gasteiger partial charge in [-0.2, -0.15) is 16.6 Å². The van der Waals surface area contributed by atoms with Crippen LogP contribution in [0.3, 0.4) is 0 Å². The van der Waals surface area contributed by atoms with Gasteiger partial charge in [-0.1, -0.05) is 11.6 Å². The number of carbonyl (C=O) groups excluding carboxylic acids is 2. The Hall–Kier alpha value is -2.56. The second-order valence-electron chi connectivity index (χ2n) is 6.33. The van der Waals surface area contributed by atoms with Crippen LogP contribution in [-0.2, 0) is 4.79 Å². The number of nitriles is 1. The molecule has 1 aromatic heterocycles. The van der Waals surface area contributed by atoms with Gasteiger partial charge in [0.15, 0.2) is 11.5 Å². The summed E-state index contributed by atoms with van der Waals surface area (Å²) in [5, 5.41) is 12.9. The van der Waals surface area contributed by atoms with E-state index >= 15 is 0 Å². The molecule has 146 valence electrons. The Morgan fingerprint density at radius 3 is 2.71 bits per heavy atom. The smallest absolute Gasteiger partial charge is 0.314 e. The first-order valence-electron chi connectivity index (χ1n) is 8.93. The Labute approximate surface area is 172 Å². The lowest BCUT2D eigenvalue weighted by molar-refractivity contribution is -0.140. The lowest BCUT2D eigenvalue weighted by Gasteiger charge is -2.30. The van der Waals surface area contributed by atoms with Gasteiger partial charge in [0.25, 0.3) is 5.91 Å². The van der Waals surface area contributed by atoms with Crippen molar-refractivity contribution in [1.29, 1.82) is 5.26 Å². The van der Waals surface area contributed by atoms with Crippen molar-refractivity contribution in [2.75, 3.05) is 19.7 Å². The Morgan fingerprint density at radius 2 is 2.11 bits per heavy atom. The molecule has 3 rings (SSSR count). The van der Waals surface area contributed by atoms with Crippen molar-refractivity contribution < 1.29 is 19.1 Å². The molecule has 1 fully saturated rings. The minimum atomic E-state index is -0.407. The van der Waals surface area contributed by atoms with Crippen molar-refractivity contribution in [2.45, 2.75) is 19.8 Å². The molecule has 1 amide bonds. The summed E-state index contributed by atoms with van der Waals surface area (Å²) < 4.78 is 11.0. The van der Waals surface area contributed by atoms with E-state index in [9.17, 15) is 9.59 Å². The molecule has 8 heteroatoms. The second-order valence-corrected chi connectivity index (χ2v) is 7.52. The first-order valence-corrected chi connectivity index (χ1v) is 10.2. The molecule has 2 heterocycles. The lowest BCUT2D eigenvalue weighted by Crippen LogP contribution is -2.41. The molecule has 0 radical (unpaired) electrons. The highest BCUT2D eigenvalue weighted by Gasteiger charge is 2.30. The van der Waals surface area contributed by atoms with E-state index in [4.69, 9.17) is 26.3 Å². The fourth-order valence-electron chi connectivity index (χ4n) is 3.07. The normalized spacial score (nSPS) is 14.4. The monoisotopic (exact) mass is 418 g/mol. The number of benzene rings is 1. The summed E-state index contributed by atoms with van der Waals surface area (Å²) in [6.07, 6.45) is 1.04. The van der Waals surface area contributed by atoms with Gasteiger partial charge in [-0.15, -0.1) is 0 Å². The highest BCUT2D eigenvalue weighted by molar-refractivity contribution is 7.08. The zero-order chi connectivity index (χ0) is 20.1. The maximum atomic E-state index is 12.6. The average molecular weight is 419 g/mol. The Balaban J connectivity index is 1.65. The zero-order valence-electron chi connectivity index (χ0n) is 15.3. The molecule has 0 saturated carbocycles. The van der Waals surface area contributed by atoms with E-state index in [0.29, 0.717) is 43.7 Å². The SMILES string of the molecule is CCOc1cc(C#N)cc(Cl)c1OC(=O)C1CCN(C(=O)c2ccsc2)CC1. The molecule has 1 saturated heterocycles. The van der Waals surface area contributed by atoms with Gasteiger partial charge >= 0.3 is 5.97 Å². The van der Waals surface area contributed by atoms with E-state index in [2.05, 4.69) is 0 Å². The van der Waals surface area contributed by atoms with Crippen LogP contribution in [0.15, 0.2) is 29.0 Å². The van der Waals surface area contributed by atoms with Crippen molar-refractivity contribution in [1.82, 2.24) is 4.90 Å². The number of piperidine rings is 1. The van der Waals surface area contributed by atoms with E-state index in [1.165, 1.54) is 23.5 Å². The van der Waals surface area contributed by atoms with Gasteiger partial charge in [0.05, 0.1) is 34.7 Å². The number of amides is 1. The molecule has 1 aliphatic rings. The number of hydrogen-bond acceptors (Lipinski definition) is 6. The molecule has 1 aromatic carbocycles. The second kappa shape index (κ2) is 9.09. The number of halogens is 1. The van der Waals surface area contributed by atoms with E-state index in [0.717, 1.165) is 0 Å². The molecular formula is C20H19ClN2O4S. The van der Waals surface area contributed by atoms with Gasteiger partial charge in [0.1, 0.15) is 0 Å². The maximum absolute atomic E-state index is 12.6. The molecule has 0 aliphatic carbocycles. The number of rotatable bonds is 5. The molecular weight excluding hydrogens is 400 g/mol. The van der Waals surface area contributed by atoms with Gasteiger partial charge in [-0.05, 0) is 37.3 Å². The van der Waals surface area contributed by atoms with E-state index in [1.807, 2.05) is 16.8 Å². The third kappa shape index (κ3) is 4.46. The third-order valence-corrected chi connectivity index (χ3v) is 5.49. The molecule has 0 spiro atoms. The minimum absolute atomic E-state index is 0.0122. The molecule has 0 unspecified atom stereocenters. The summed E-state index contributed by atoms with van der Waals surface area (Å²) in [7, 11) is 0. The zero-order valence-corrected chi connectivity index (χ0v) is 16.9. The predicted molar refractivity (Wildman–Crippen MR) is 106 cm³/mol. The van der Waals surface area contributed by atoms with Crippen LogP contribution in [0.2, 0.25) is 5.02 Å². The summed E-state index contributed by atoms with van der Waals surface area (Å²) in [4.78, 5) is 26.8. The number of likely N-dealkylation sites (tertiary alicyclic amines) is 1. The number of thiophene rings is 1. The summed E-state index contributed by atoms with van der Waals surface area (Å²) >= 11 is 7.68. The summed E-state index contributed by atoms with van der Waals surface area (Å²) in [6, 6.07) is 6.74. The van der Waals surface area contributed by atoms with Crippen LogP contribution in [0, 0.1) is 17.2 Å². The third-order valence-electron chi connectivity index (χ3n) is 4.52. The van der Waals surface area contributed by atoms with Crippen molar-refractivity contribution in [3.63, 3.8) is 0 Å². The predicted octanol–water partition coefficient (Wildman–Crippen LogP) is 4.13. The Morgan fingerprint density at radius 1 is 1.36 bits per heavy atom. The summed E-state index contributed by atoms with van der Waals surface area (Å²) in [5.41, 5.74) is 1.00. The van der Waals surface area contributed by atoms with Crippen LogP contribution >= 0.6 is 22.9 Å². The maximum Gasteiger partial charge on any atom is 0.314 e. The van der Waals surface area contributed by atoms with Crippen LogP contribution < -0.4 is 9.47 Å². The van der Waals surface area contributed by atoms with Crippen LogP contribution in [0.4, 0.5) is 0 Å². The summed E-state index contributed by atoms with van der Waals surface area (Å²) in [6.45, 7) is 3.12. The van der Waals surface area contributed by atoms with E-state index in [1.54, 1.807) is 17.9 Å². The van der Waals surface area contributed by atoms with Crippen LogP contribution in [0.5, 0.6) is 11.5 Å².